The predicted molar refractivity (Wildman–Crippen MR) is 101 cm³/mol. The third-order valence-electron chi connectivity index (χ3n) is 4.01. The van der Waals surface area contributed by atoms with Crippen molar-refractivity contribution in [3.05, 3.63) is 56.8 Å². The van der Waals surface area contributed by atoms with E-state index in [-0.39, 0.29) is 12.3 Å². The highest BCUT2D eigenvalue weighted by Gasteiger charge is 2.23. The molecule has 0 aliphatic carbocycles. The number of benzene rings is 1. The number of hydrogen-bond acceptors (Lipinski definition) is 4. The minimum absolute atomic E-state index is 0.0503. The first-order valence-corrected chi connectivity index (χ1v) is 8.95. The number of aromatic nitrogens is 1. The molecule has 2 rings (SSSR count). The van der Waals surface area contributed by atoms with Crippen molar-refractivity contribution in [2.45, 2.75) is 27.3 Å². The minimum atomic E-state index is -0.394. The van der Waals surface area contributed by atoms with Crippen LogP contribution in [-0.4, -0.2) is 41.8 Å². The number of carbonyl (C=O) groups excluding carboxylic acids is 2. The first-order valence-electron chi connectivity index (χ1n) is 8.16. The smallest absolute Gasteiger partial charge is 0.340 e. The number of nitrogens with one attached hydrogen (secondary N) is 1. The minimum Gasteiger partial charge on any atom is -0.462 e. The van der Waals surface area contributed by atoms with Crippen LogP contribution in [0.5, 0.6) is 0 Å². The molecule has 1 heterocycles. The number of aromatic amines is 1. The summed E-state index contributed by atoms with van der Waals surface area (Å²) in [7, 11) is 1.90. The highest BCUT2D eigenvalue weighted by molar-refractivity contribution is 9.10. The Bertz CT molecular complexity index is 783. The summed E-state index contributed by atoms with van der Waals surface area (Å²) < 4.78 is 6.09. The summed E-state index contributed by atoms with van der Waals surface area (Å²) in [6.07, 6.45) is 0. The second-order valence-electron chi connectivity index (χ2n) is 6.03. The summed E-state index contributed by atoms with van der Waals surface area (Å²) in [5.74, 6) is -0.444. The lowest BCUT2D eigenvalue weighted by Gasteiger charge is -2.16. The van der Waals surface area contributed by atoms with Gasteiger partial charge in [0.1, 0.15) is 0 Å². The van der Waals surface area contributed by atoms with E-state index in [1.165, 1.54) is 0 Å². The maximum absolute atomic E-state index is 12.7. The molecule has 1 aromatic heterocycles. The number of halogens is 1. The van der Waals surface area contributed by atoms with Gasteiger partial charge in [-0.2, -0.15) is 0 Å². The number of carbonyl (C=O) groups is 2. The molecule has 0 unspecified atom stereocenters. The number of ether oxygens (including phenoxy) is 1. The van der Waals surface area contributed by atoms with Crippen molar-refractivity contribution in [2.75, 3.05) is 20.2 Å². The number of likely N-dealkylation sites (N-methyl/N-ethyl adjacent to an activating group) is 1. The fourth-order valence-electron chi connectivity index (χ4n) is 2.84. The zero-order chi connectivity index (χ0) is 18.6. The van der Waals surface area contributed by atoms with Crippen LogP contribution in [0.25, 0.3) is 0 Å². The number of esters is 1. The fraction of sp³-hybridized carbons (Fsp3) is 0.368. The van der Waals surface area contributed by atoms with Crippen molar-refractivity contribution >= 4 is 27.7 Å². The molecule has 0 spiro atoms. The number of Topliss-reactive ketones (excluding diaryl/α,β-unsaturated/α-hetero) is 1. The molecular formula is C19H23BrN2O3. The van der Waals surface area contributed by atoms with Crippen molar-refractivity contribution in [3.8, 4) is 0 Å². The zero-order valence-electron chi connectivity index (χ0n) is 15.0. The monoisotopic (exact) mass is 406 g/mol. The Morgan fingerprint density at radius 2 is 1.92 bits per heavy atom. The lowest BCUT2D eigenvalue weighted by molar-refractivity contribution is 0.0525. The van der Waals surface area contributed by atoms with Crippen LogP contribution in [0.4, 0.5) is 0 Å². The van der Waals surface area contributed by atoms with E-state index in [2.05, 4.69) is 20.9 Å². The molecule has 0 saturated carbocycles. The van der Waals surface area contributed by atoms with Crippen LogP contribution in [0.15, 0.2) is 28.7 Å². The Balaban J connectivity index is 2.12. The maximum atomic E-state index is 12.7. The number of H-pyrrole nitrogens is 1. The molecule has 0 fully saturated rings. The predicted octanol–water partition coefficient (Wildman–Crippen LogP) is 3.89. The topological polar surface area (TPSA) is 62.4 Å². The highest BCUT2D eigenvalue weighted by atomic mass is 79.9. The fourth-order valence-corrected chi connectivity index (χ4v) is 3.25. The number of hydrogen-bond donors (Lipinski definition) is 1. The molecule has 0 amide bonds. The van der Waals surface area contributed by atoms with Crippen molar-refractivity contribution in [1.82, 2.24) is 9.88 Å². The van der Waals surface area contributed by atoms with Gasteiger partial charge in [-0.3, -0.25) is 9.69 Å². The van der Waals surface area contributed by atoms with Gasteiger partial charge in [-0.15, -0.1) is 0 Å². The summed E-state index contributed by atoms with van der Waals surface area (Å²) in [6, 6.07) is 7.93. The standard InChI is InChI=1S/C19H23BrN2O3/c1-5-25-19(24)17-12(2)18(21-13(17)3)16(23)11-22(4)10-14-8-6-7-9-15(14)20/h6-9,21H,5,10-11H2,1-4H3. The Kier molecular flexibility index (Phi) is 6.56. The van der Waals surface area contributed by atoms with E-state index in [0.717, 1.165) is 10.0 Å². The molecule has 25 heavy (non-hydrogen) atoms. The lowest BCUT2D eigenvalue weighted by Crippen LogP contribution is -2.26. The quantitative estimate of drug-likeness (QED) is 0.559. The highest BCUT2D eigenvalue weighted by Crippen LogP contribution is 2.21. The van der Waals surface area contributed by atoms with E-state index in [4.69, 9.17) is 4.74 Å². The van der Waals surface area contributed by atoms with E-state index in [1.54, 1.807) is 20.8 Å². The van der Waals surface area contributed by atoms with Crippen molar-refractivity contribution in [2.24, 2.45) is 0 Å². The Labute approximate surface area is 156 Å². The largest absolute Gasteiger partial charge is 0.462 e. The van der Waals surface area contributed by atoms with E-state index in [1.807, 2.05) is 36.2 Å². The molecule has 1 N–H and O–H groups in total. The van der Waals surface area contributed by atoms with E-state index in [0.29, 0.717) is 35.7 Å². The van der Waals surface area contributed by atoms with Gasteiger partial charge in [-0.25, -0.2) is 4.79 Å². The van der Waals surface area contributed by atoms with Crippen molar-refractivity contribution in [1.29, 1.82) is 0 Å². The molecule has 0 bridgehead atoms. The molecule has 0 radical (unpaired) electrons. The van der Waals surface area contributed by atoms with E-state index in [9.17, 15) is 9.59 Å². The first-order chi connectivity index (χ1) is 11.8. The average Bonchev–Trinajstić information content (AvgIpc) is 2.84. The second-order valence-corrected chi connectivity index (χ2v) is 6.89. The number of ketones is 1. The molecule has 134 valence electrons. The Hall–Kier alpha value is -1.92. The molecule has 6 heteroatoms. The molecular weight excluding hydrogens is 384 g/mol. The number of nitrogens with zero attached hydrogens (tertiary/aromatic N) is 1. The summed E-state index contributed by atoms with van der Waals surface area (Å²) >= 11 is 3.52. The molecule has 0 aliphatic rings. The van der Waals surface area contributed by atoms with E-state index >= 15 is 0 Å². The first kappa shape index (κ1) is 19.4. The summed E-state index contributed by atoms with van der Waals surface area (Å²) in [5, 5.41) is 0. The number of rotatable bonds is 7. The van der Waals surface area contributed by atoms with Gasteiger partial charge in [0.25, 0.3) is 0 Å². The van der Waals surface area contributed by atoms with Gasteiger partial charge < -0.3 is 9.72 Å². The summed E-state index contributed by atoms with van der Waals surface area (Å²) in [4.78, 5) is 29.7. The van der Waals surface area contributed by atoms with Gasteiger partial charge in [0.05, 0.1) is 24.4 Å². The van der Waals surface area contributed by atoms with Crippen molar-refractivity contribution in [3.63, 3.8) is 0 Å². The van der Waals surface area contributed by atoms with Crippen molar-refractivity contribution < 1.29 is 14.3 Å². The summed E-state index contributed by atoms with van der Waals surface area (Å²) in [6.45, 7) is 6.53. The third kappa shape index (κ3) is 4.58. The van der Waals surface area contributed by atoms with Crippen LogP contribution >= 0.6 is 15.9 Å². The Morgan fingerprint density at radius 3 is 2.56 bits per heavy atom. The Morgan fingerprint density at radius 1 is 1.24 bits per heavy atom. The molecule has 0 aliphatic heterocycles. The normalized spacial score (nSPS) is 11.0. The van der Waals surface area contributed by atoms with Crippen LogP contribution in [0.1, 0.15) is 44.6 Å². The van der Waals surface area contributed by atoms with Gasteiger partial charge in [-0.1, -0.05) is 34.1 Å². The second kappa shape index (κ2) is 8.45. The van der Waals surface area contributed by atoms with Crippen LogP contribution < -0.4 is 0 Å². The van der Waals surface area contributed by atoms with Gasteiger partial charge in [0.15, 0.2) is 5.78 Å². The third-order valence-corrected chi connectivity index (χ3v) is 4.78. The maximum Gasteiger partial charge on any atom is 0.340 e. The molecule has 0 saturated heterocycles. The molecule has 1 aromatic carbocycles. The molecule has 0 atom stereocenters. The summed E-state index contributed by atoms with van der Waals surface area (Å²) in [5.41, 5.74) is 3.35. The molecule has 5 nitrogen and oxygen atoms in total. The number of aryl methyl sites for hydroxylation is 1. The zero-order valence-corrected chi connectivity index (χ0v) is 16.6. The van der Waals surface area contributed by atoms with Gasteiger partial charge in [0, 0.05) is 16.7 Å². The molecule has 2 aromatic rings. The van der Waals surface area contributed by atoms with Crippen LogP contribution in [-0.2, 0) is 11.3 Å². The van der Waals surface area contributed by atoms with Crippen LogP contribution in [0, 0.1) is 13.8 Å². The van der Waals surface area contributed by atoms with Gasteiger partial charge in [0.2, 0.25) is 0 Å². The van der Waals surface area contributed by atoms with E-state index < -0.39 is 5.97 Å². The average molecular weight is 407 g/mol. The SMILES string of the molecule is CCOC(=O)c1c(C)[nH]c(C(=O)CN(C)Cc2ccccc2Br)c1C. The van der Waals surface area contributed by atoms with Gasteiger partial charge in [-0.05, 0) is 45.0 Å². The lowest BCUT2D eigenvalue weighted by atomic mass is 10.1. The van der Waals surface area contributed by atoms with Crippen LogP contribution in [0.3, 0.4) is 0 Å². The van der Waals surface area contributed by atoms with Crippen LogP contribution in [0.2, 0.25) is 0 Å². The van der Waals surface area contributed by atoms with Gasteiger partial charge >= 0.3 is 5.97 Å².